The summed E-state index contributed by atoms with van der Waals surface area (Å²) in [5.41, 5.74) is 9.77. The molecule has 3 rings (SSSR count). The van der Waals surface area contributed by atoms with Crippen LogP contribution in [0.2, 0.25) is 0 Å². The maximum Gasteiger partial charge on any atom is 0.127 e. The van der Waals surface area contributed by atoms with Gasteiger partial charge in [-0.2, -0.15) is 0 Å². The zero-order valence-electron chi connectivity index (χ0n) is 13.3. The summed E-state index contributed by atoms with van der Waals surface area (Å²) in [6, 6.07) is 6.50. The Morgan fingerprint density at radius 1 is 1.00 bits per heavy atom. The van der Waals surface area contributed by atoms with E-state index in [4.69, 9.17) is 10.5 Å². The molecule has 0 spiro atoms. The van der Waals surface area contributed by atoms with Gasteiger partial charge in [0.05, 0.1) is 6.61 Å². The molecule has 0 unspecified atom stereocenters. The van der Waals surface area contributed by atoms with E-state index in [-0.39, 0.29) is 16.4 Å². The van der Waals surface area contributed by atoms with Crippen LogP contribution in [0, 0.1) is 10.8 Å². The first-order valence-electron chi connectivity index (χ1n) is 7.75. The molecule has 110 valence electrons. The zero-order valence-corrected chi connectivity index (χ0v) is 13.3. The molecule has 20 heavy (non-hydrogen) atoms. The molecule has 2 aliphatic rings. The lowest BCUT2D eigenvalue weighted by Crippen LogP contribution is -2.50. The first-order valence-corrected chi connectivity index (χ1v) is 7.75. The van der Waals surface area contributed by atoms with Crippen LogP contribution in [-0.4, -0.2) is 6.61 Å². The van der Waals surface area contributed by atoms with Gasteiger partial charge in [-0.25, -0.2) is 0 Å². The largest absolute Gasteiger partial charge is 0.493 e. The molecule has 2 heteroatoms. The minimum absolute atomic E-state index is 0.263. The summed E-state index contributed by atoms with van der Waals surface area (Å²) in [4.78, 5) is 0. The number of benzene rings is 1. The van der Waals surface area contributed by atoms with Gasteiger partial charge in [0.15, 0.2) is 0 Å². The highest BCUT2D eigenvalue weighted by atomic mass is 16.5. The first kappa shape index (κ1) is 13.9. The van der Waals surface area contributed by atoms with E-state index >= 15 is 0 Å². The van der Waals surface area contributed by atoms with E-state index in [1.54, 1.807) is 0 Å². The van der Waals surface area contributed by atoms with Crippen molar-refractivity contribution in [1.29, 1.82) is 0 Å². The molecular formula is C18H27NO. The average Bonchev–Trinajstić information content (AvgIpc) is 2.70. The third-order valence-corrected chi connectivity index (χ3v) is 4.80. The van der Waals surface area contributed by atoms with Gasteiger partial charge in [-0.3, -0.25) is 0 Å². The Morgan fingerprint density at radius 3 is 2.30 bits per heavy atom. The molecule has 1 fully saturated rings. The number of ether oxygens (including phenoxy) is 1. The van der Waals surface area contributed by atoms with Crippen molar-refractivity contribution in [1.82, 2.24) is 0 Å². The molecule has 0 atom stereocenters. The molecular weight excluding hydrogens is 246 g/mol. The molecule has 2 N–H and O–H groups in total. The van der Waals surface area contributed by atoms with Crippen molar-refractivity contribution in [2.75, 3.05) is 6.61 Å². The zero-order chi connectivity index (χ0) is 14.6. The molecule has 1 aliphatic heterocycles. The van der Waals surface area contributed by atoms with Gasteiger partial charge in [-0.05, 0) is 35.7 Å². The number of rotatable bonds is 1. The van der Waals surface area contributed by atoms with E-state index in [1.807, 2.05) is 0 Å². The molecule has 0 amide bonds. The monoisotopic (exact) mass is 273 g/mol. The van der Waals surface area contributed by atoms with E-state index in [0.717, 1.165) is 31.6 Å². The third-order valence-electron chi connectivity index (χ3n) is 4.80. The van der Waals surface area contributed by atoms with Crippen molar-refractivity contribution in [3.8, 4) is 5.75 Å². The lowest BCUT2D eigenvalue weighted by Gasteiger charge is -2.50. The van der Waals surface area contributed by atoms with E-state index in [2.05, 4.69) is 45.9 Å². The molecule has 0 aromatic heterocycles. The standard InChI is InChI=1S/C18H27NO/c1-16(2)10-17(3,4)12-18(19,11-16)14-7-5-6-13-8-9-20-15(13)14/h5-7H,8-12,19H2,1-4H3. The van der Waals surface area contributed by atoms with Gasteiger partial charge in [-0.15, -0.1) is 0 Å². The summed E-state index contributed by atoms with van der Waals surface area (Å²) >= 11 is 0. The SMILES string of the molecule is CC1(C)CC(C)(C)CC(N)(c2cccc3c2OCC3)C1. The van der Waals surface area contributed by atoms with Crippen molar-refractivity contribution in [2.45, 2.75) is 58.9 Å². The summed E-state index contributed by atoms with van der Waals surface area (Å²) in [6.45, 7) is 10.2. The molecule has 1 saturated carbocycles. The fourth-order valence-corrected chi connectivity index (χ4v) is 4.99. The third kappa shape index (κ3) is 2.35. The lowest BCUT2D eigenvalue weighted by atomic mass is 9.57. The predicted octanol–water partition coefficient (Wildman–Crippen LogP) is 4.01. The van der Waals surface area contributed by atoms with Crippen LogP contribution in [0.15, 0.2) is 18.2 Å². The second-order valence-electron chi connectivity index (χ2n) is 8.41. The van der Waals surface area contributed by atoms with Crippen LogP contribution in [0.4, 0.5) is 0 Å². The molecule has 0 radical (unpaired) electrons. The van der Waals surface area contributed by atoms with Gasteiger partial charge < -0.3 is 10.5 Å². The lowest BCUT2D eigenvalue weighted by molar-refractivity contribution is 0.0459. The Bertz CT molecular complexity index is 514. The quantitative estimate of drug-likeness (QED) is 0.839. The molecule has 0 bridgehead atoms. The molecule has 1 aromatic rings. The summed E-state index contributed by atoms with van der Waals surface area (Å²) in [5, 5.41) is 0. The Morgan fingerprint density at radius 2 is 1.65 bits per heavy atom. The highest BCUT2D eigenvalue weighted by molar-refractivity contribution is 5.48. The van der Waals surface area contributed by atoms with Gasteiger partial charge in [0, 0.05) is 17.5 Å². The van der Waals surface area contributed by atoms with Crippen LogP contribution in [0.5, 0.6) is 5.75 Å². The minimum Gasteiger partial charge on any atom is -0.493 e. The molecule has 1 heterocycles. The summed E-state index contributed by atoms with van der Waals surface area (Å²) in [7, 11) is 0. The number of hydrogen-bond donors (Lipinski definition) is 1. The smallest absolute Gasteiger partial charge is 0.127 e. The van der Waals surface area contributed by atoms with Crippen LogP contribution in [0.25, 0.3) is 0 Å². The Kier molecular flexibility index (Phi) is 2.95. The average molecular weight is 273 g/mol. The van der Waals surface area contributed by atoms with Gasteiger partial charge in [0.25, 0.3) is 0 Å². The molecule has 1 aliphatic carbocycles. The van der Waals surface area contributed by atoms with Crippen LogP contribution < -0.4 is 10.5 Å². The number of para-hydroxylation sites is 1. The van der Waals surface area contributed by atoms with Crippen molar-refractivity contribution in [3.05, 3.63) is 29.3 Å². The summed E-state index contributed by atoms with van der Waals surface area (Å²) < 4.78 is 5.90. The van der Waals surface area contributed by atoms with Crippen LogP contribution in [0.3, 0.4) is 0 Å². The Balaban J connectivity index is 2.06. The fourth-order valence-electron chi connectivity index (χ4n) is 4.99. The molecule has 1 aromatic carbocycles. The highest BCUT2D eigenvalue weighted by Crippen LogP contribution is 2.54. The van der Waals surface area contributed by atoms with Crippen molar-refractivity contribution < 1.29 is 4.74 Å². The van der Waals surface area contributed by atoms with Gasteiger partial charge in [-0.1, -0.05) is 45.9 Å². The van der Waals surface area contributed by atoms with E-state index in [1.165, 1.54) is 17.5 Å². The minimum atomic E-state index is -0.263. The van der Waals surface area contributed by atoms with E-state index < -0.39 is 0 Å². The van der Waals surface area contributed by atoms with Crippen LogP contribution in [0.1, 0.15) is 58.1 Å². The second kappa shape index (κ2) is 4.24. The summed E-state index contributed by atoms with van der Waals surface area (Å²) in [6.07, 6.45) is 4.31. The Hall–Kier alpha value is -1.02. The van der Waals surface area contributed by atoms with Crippen molar-refractivity contribution in [3.63, 3.8) is 0 Å². The van der Waals surface area contributed by atoms with E-state index in [9.17, 15) is 0 Å². The van der Waals surface area contributed by atoms with Gasteiger partial charge in [0.1, 0.15) is 5.75 Å². The molecule has 0 saturated heterocycles. The Labute approximate surface area is 122 Å². The topological polar surface area (TPSA) is 35.2 Å². The van der Waals surface area contributed by atoms with E-state index in [0.29, 0.717) is 0 Å². The second-order valence-corrected chi connectivity index (χ2v) is 8.41. The molecule has 2 nitrogen and oxygen atoms in total. The maximum atomic E-state index is 6.92. The van der Waals surface area contributed by atoms with Crippen molar-refractivity contribution in [2.24, 2.45) is 16.6 Å². The normalized spacial score (nSPS) is 25.9. The highest BCUT2D eigenvalue weighted by Gasteiger charge is 2.47. The number of hydrogen-bond acceptors (Lipinski definition) is 2. The maximum absolute atomic E-state index is 6.92. The summed E-state index contributed by atoms with van der Waals surface area (Å²) in [5.74, 6) is 1.07. The first-order chi connectivity index (χ1) is 9.21. The fraction of sp³-hybridized carbons (Fsp3) is 0.667. The van der Waals surface area contributed by atoms with Crippen LogP contribution >= 0.6 is 0 Å². The van der Waals surface area contributed by atoms with Gasteiger partial charge >= 0.3 is 0 Å². The number of fused-ring (bicyclic) bond motifs is 1. The van der Waals surface area contributed by atoms with Gasteiger partial charge in [0.2, 0.25) is 0 Å². The number of nitrogens with two attached hydrogens (primary N) is 1. The predicted molar refractivity (Wildman–Crippen MR) is 82.9 cm³/mol. The van der Waals surface area contributed by atoms with Crippen molar-refractivity contribution >= 4 is 0 Å². The van der Waals surface area contributed by atoms with Crippen LogP contribution in [-0.2, 0) is 12.0 Å².